The molecule has 6 nitrogen and oxygen atoms in total. The zero-order valence-corrected chi connectivity index (χ0v) is 20.2. The van der Waals surface area contributed by atoms with Gasteiger partial charge in [-0.05, 0) is 56.9 Å². The average Bonchev–Trinajstić information content (AvgIpc) is 3.30. The predicted molar refractivity (Wildman–Crippen MR) is 127 cm³/mol. The number of nitrogens with one attached hydrogen (secondary N) is 1. The van der Waals surface area contributed by atoms with Crippen LogP contribution in [0.1, 0.15) is 63.5 Å². The van der Waals surface area contributed by atoms with Crippen molar-refractivity contribution in [1.82, 2.24) is 9.88 Å². The Labute approximate surface area is 199 Å². The van der Waals surface area contributed by atoms with E-state index in [1.54, 1.807) is 7.11 Å². The summed E-state index contributed by atoms with van der Waals surface area (Å²) < 4.78 is 45.3. The summed E-state index contributed by atoms with van der Waals surface area (Å²) in [5.74, 6) is 0.910. The minimum absolute atomic E-state index is 0.114. The third-order valence-electron chi connectivity index (χ3n) is 8.04. The average molecular weight is 480 g/mol. The lowest BCUT2D eigenvalue weighted by Gasteiger charge is -2.36. The highest BCUT2D eigenvalue weighted by molar-refractivity contribution is 6.12. The summed E-state index contributed by atoms with van der Waals surface area (Å²) in [5, 5.41) is 8.55. The molecule has 1 aromatic heterocycles. The Morgan fingerprint density at radius 1 is 1.29 bits per heavy atom. The molecule has 9 heteroatoms. The van der Waals surface area contributed by atoms with E-state index < -0.39 is 17.6 Å². The van der Waals surface area contributed by atoms with Crippen LogP contribution in [0.3, 0.4) is 0 Å². The second-order valence-electron chi connectivity index (χ2n) is 10.1. The van der Waals surface area contributed by atoms with Crippen molar-refractivity contribution in [2.24, 2.45) is 22.7 Å². The number of halogens is 3. The SMILES string of the molecule is CCC(C)N=C(CC(=N)c1cnc(N)c(C(F)(F)F)c1)C1C2CC(N3CCC(OC)CC3)CC21. The van der Waals surface area contributed by atoms with Crippen LogP contribution in [0.15, 0.2) is 17.3 Å². The maximum Gasteiger partial charge on any atom is 0.419 e. The fourth-order valence-corrected chi connectivity index (χ4v) is 5.86. The molecule has 0 bridgehead atoms. The van der Waals surface area contributed by atoms with E-state index in [1.807, 2.05) is 0 Å². The molecule has 4 rings (SSSR count). The second-order valence-corrected chi connectivity index (χ2v) is 10.1. The lowest BCUT2D eigenvalue weighted by atomic mass is 9.95. The molecule has 0 spiro atoms. The van der Waals surface area contributed by atoms with Crippen LogP contribution in [-0.2, 0) is 10.9 Å². The molecule has 1 saturated heterocycles. The Kier molecular flexibility index (Phi) is 7.33. The molecule has 2 saturated carbocycles. The number of ether oxygens (including phenoxy) is 1. The topological polar surface area (TPSA) is 87.6 Å². The quantitative estimate of drug-likeness (QED) is 0.524. The summed E-state index contributed by atoms with van der Waals surface area (Å²) in [6.45, 7) is 6.29. The first-order chi connectivity index (χ1) is 16.1. The van der Waals surface area contributed by atoms with Crippen LogP contribution in [0, 0.1) is 23.2 Å². The van der Waals surface area contributed by atoms with E-state index in [0.29, 0.717) is 29.9 Å². The molecule has 3 N–H and O–H groups in total. The van der Waals surface area contributed by atoms with Crippen molar-refractivity contribution in [1.29, 1.82) is 5.41 Å². The van der Waals surface area contributed by atoms with Crippen molar-refractivity contribution in [2.45, 2.75) is 76.7 Å². The van der Waals surface area contributed by atoms with Gasteiger partial charge in [0.25, 0.3) is 0 Å². The lowest BCUT2D eigenvalue weighted by Crippen LogP contribution is -2.43. The third-order valence-corrected chi connectivity index (χ3v) is 8.04. The zero-order chi connectivity index (χ0) is 24.6. The predicted octanol–water partition coefficient (Wildman–Crippen LogP) is 4.82. The molecule has 188 valence electrons. The normalized spacial score (nSPS) is 29.2. The Morgan fingerprint density at radius 3 is 2.50 bits per heavy atom. The van der Waals surface area contributed by atoms with Crippen LogP contribution in [0.25, 0.3) is 0 Å². The van der Waals surface area contributed by atoms with E-state index in [-0.39, 0.29) is 23.7 Å². The van der Waals surface area contributed by atoms with Gasteiger partial charge >= 0.3 is 6.18 Å². The fraction of sp³-hybridized carbons (Fsp3) is 0.720. The van der Waals surface area contributed by atoms with E-state index in [9.17, 15) is 13.2 Å². The molecular formula is C25H36F3N5O. The van der Waals surface area contributed by atoms with Gasteiger partial charge in [0.05, 0.1) is 11.7 Å². The van der Waals surface area contributed by atoms with Gasteiger partial charge in [0, 0.05) is 67.8 Å². The number of anilines is 1. The monoisotopic (exact) mass is 479 g/mol. The standard InChI is InChI=1S/C25H36F3N5O/c1-4-14(2)32-22(12-21(29)15-9-20(25(26,27)28)24(30)31-13-15)23-18-10-16(11-19(18)23)33-7-5-17(34-3)6-8-33/h9,13-14,16-19,23,29H,4-8,10-12H2,1-3H3,(H2,30,31). The molecular weight excluding hydrogens is 443 g/mol. The third kappa shape index (κ3) is 5.30. The van der Waals surface area contributed by atoms with Crippen molar-refractivity contribution >= 4 is 17.2 Å². The Bertz CT molecular complexity index is 914. The van der Waals surface area contributed by atoms with Crippen LogP contribution in [-0.4, -0.2) is 59.7 Å². The number of aliphatic imine (C=N–C) groups is 1. The zero-order valence-electron chi connectivity index (χ0n) is 20.2. The Balaban J connectivity index is 1.43. The molecule has 0 aromatic carbocycles. The van der Waals surface area contributed by atoms with Crippen LogP contribution < -0.4 is 5.73 Å². The molecule has 0 amide bonds. The molecule has 1 aliphatic heterocycles. The second kappa shape index (κ2) is 9.93. The number of nitrogen functional groups attached to an aromatic ring is 1. The van der Waals surface area contributed by atoms with Crippen LogP contribution in [0.4, 0.5) is 19.0 Å². The van der Waals surface area contributed by atoms with Gasteiger partial charge in [0.1, 0.15) is 5.82 Å². The fourth-order valence-electron chi connectivity index (χ4n) is 5.86. The molecule has 3 unspecified atom stereocenters. The largest absolute Gasteiger partial charge is 0.419 e. The van der Waals surface area contributed by atoms with E-state index >= 15 is 0 Å². The van der Waals surface area contributed by atoms with Crippen LogP contribution in [0.2, 0.25) is 0 Å². The first-order valence-electron chi connectivity index (χ1n) is 12.4. The molecule has 1 aromatic rings. The summed E-state index contributed by atoms with van der Waals surface area (Å²) in [4.78, 5) is 11.2. The molecule has 3 aliphatic rings. The minimum atomic E-state index is -4.60. The summed E-state index contributed by atoms with van der Waals surface area (Å²) in [6.07, 6.45) is 2.64. The number of hydrogen-bond acceptors (Lipinski definition) is 6. The summed E-state index contributed by atoms with van der Waals surface area (Å²) in [6, 6.07) is 1.67. The van der Waals surface area contributed by atoms with Gasteiger partial charge in [-0.3, -0.25) is 4.99 Å². The molecule has 3 atom stereocenters. The number of rotatable bonds is 8. The summed E-state index contributed by atoms with van der Waals surface area (Å²) >= 11 is 0. The first-order valence-corrected chi connectivity index (χ1v) is 12.4. The summed E-state index contributed by atoms with van der Waals surface area (Å²) in [7, 11) is 1.79. The molecule has 3 fully saturated rings. The molecule has 2 heterocycles. The van der Waals surface area contributed by atoms with Crippen LogP contribution in [0.5, 0.6) is 0 Å². The van der Waals surface area contributed by atoms with E-state index in [0.717, 1.165) is 57.0 Å². The number of hydrogen-bond donors (Lipinski definition) is 2. The summed E-state index contributed by atoms with van der Waals surface area (Å²) in [5.41, 5.74) is 5.69. The van der Waals surface area contributed by atoms with Gasteiger partial charge in [0.2, 0.25) is 0 Å². The highest BCUT2D eigenvalue weighted by Crippen LogP contribution is 2.59. The van der Waals surface area contributed by atoms with E-state index in [2.05, 4.69) is 23.7 Å². The number of piperidine rings is 1. The number of aromatic nitrogens is 1. The minimum Gasteiger partial charge on any atom is -0.383 e. The van der Waals surface area contributed by atoms with Crippen molar-refractivity contribution < 1.29 is 17.9 Å². The Morgan fingerprint density at radius 2 is 1.94 bits per heavy atom. The van der Waals surface area contributed by atoms with Gasteiger partial charge in [0.15, 0.2) is 0 Å². The van der Waals surface area contributed by atoms with Gasteiger partial charge in [-0.2, -0.15) is 13.2 Å². The Hall–Kier alpha value is -2.00. The van der Waals surface area contributed by atoms with Gasteiger partial charge in [-0.1, -0.05) is 6.92 Å². The van der Waals surface area contributed by atoms with Crippen molar-refractivity contribution in [3.63, 3.8) is 0 Å². The molecule has 34 heavy (non-hydrogen) atoms. The number of fused-ring (bicyclic) bond motifs is 1. The highest BCUT2D eigenvalue weighted by Gasteiger charge is 2.58. The highest BCUT2D eigenvalue weighted by atomic mass is 19.4. The van der Waals surface area contributed by atoms with Crippen molar-refractivity contribution in [2.75, 3.05) is 25.9 Å². The number of nitrogens with two attached hydrogens (primary N) is 1. The maximum atomic E-state index is 13.3. The van der Waals surface area contributed by atoms with Gasteiger partial charge < -0.3 is 20.8 Å². The van der Waals surface area contributed by atoms with Gasteiger partial charge in [-0.25, -0.2) is 4.98 Å². The van der Waals surface area contributed by atoms with E-state index in [4.69, 9.17) is 20.9 Å². The van der Waals surface area contributed by atoms with E-state index in [1.165, 1.54) is 6.20 Å². The number of alkyl halides is 3. The van der Waals surface area contributed by atoms with Crippen LogP contribution >= 0.6 is 0 Å². The maximum absolute atomic E-state index is 13.3. The van der Waals surface area contributed by atoms with Crippen molar-refractivity contribution in [3.05, 3.63) is 23.4 Å². The number of likely N-dealkylation sites (tertiary alicyclic amines) is 1. The van der Waals surface area contributed by atoms with Gasteiger partial charge in [-0.15, -0.1) is 0 Å². The smallest absolute Gasteiger partial charge is 0.383 e. The lowest BCUT2D eigenvalue weighted by molar-refractivity contribution is -0.137. The molecule has 2 aliphatic carbocycles. The number of nitrogens with zero attached hydrogens (tertiary/aromatic N) is 3. The van der Waals surface area contributed by atoms with Crippen molar-refractivity contribution in [3.8, 4) is 0 Å². The number of pyridine rings is 1. The number of methoxy groups -OCH3 is 1. The first kappa shape index (κ1) is 25.1. The molecule has 0 radical (unpaired) electrons.